The van der Waals surface area contributed by atoms with Crippen LogP contribution in [-0.4, -0.2) is 4.92 Å². The summed E-state index contributed by atoms with van der Waals surface area (Å²) < 4.78 is 0. The molecule has 0 unspecified atom stereocenters. The molecule has 0 aliphatic carbocycles. The molecule has 0 saturated heterocycles. The number of hydrogen-bond acceptors (Lipinski definition) is 3. The molecular formula is C12H4Cl6N2O2. The van der Waals surface area contributed by atoms with Crippen LogP contribution in [0, 0.1) is 10.1 Å². The maximum Gasteiger partial charge on any atom is 0.307 e. The summed E-state index contributed by atoms with van der Waals surface area (Å²) in [4.78, 5) is 10.4. The highest BCUT2D eigenvalue weighted by Crippen LogP contribution is 2.50. The number of nitro benzene ring substituents is 1. The summed E-state index contributed by atoms with van der Waals surface area (Å²) in [5, 5.41) is 10.8. The molecule has 116 valence electrons. The molecule has 0 aromatic heterocycles. The zero-order valence-electron chi connectivity index (χ0n) is 10.3. The Bertz CT molecular complexity index is 809. The van der Waals surface area contributed by atoms with Crippen molar-refractivity contribution in [1.82, 2.24) is 0 Å². The van der Waals surface area contributed by atoms with Gasteiger partial charge in [0.15, 0.2) is 0 Å². The second kappa shape index (κ2) is 6.48. The minimum absolute atomic E-state index is 0.0158. The zero-order chi connectivity index (χ0) is 16.8. The van der Waals surface area contributed by atoms with Crippen LogP contribution >= 0.6 is 69.6 Å². The molecule has 4 nitrogen and oxygen atoms in total. The Morgan fingerprint density at radius 3 is 1.77 bits per heavy atom. The third kappa shape index (κ3) is 2.92. The van der Waals surface area contributed by atoms with E-state index in [1.165, 1.54) is 12.1 Å². The van der Waals surface area contributed by atoms with Gasteiger partial charge in [-0.1, -0.05) is 69.6 Å². The molecule has 2 rings (SSSR count). The van der Waals surface area contributed by atoms with Gasteiger partial charge in [0.2, 0.25) is 0 Å². The van der Waals surface area contributed by atoms with Crippen molar-refractivity contribution in [1.29, 1.82) is 0 Å². The first kappa shape index (κ1) is 17.7. The van der Waals surface area contributed by atoms with E-state index in [1.807, 2.05) is 0 Å². The molecular weight excluding hydrogens is 417 g/mol. The lowest BCUT2D eigenvalue weighted by molar-refractivity contribution is -0.384. The van der Waals surface area contributed by atoms with Crippen LogP contribution in [-0.2, 0) is 0 Å². The number of halogens is 6. The van der Waals surface area contributed by atoms with Crippen LogP contribution in [0.2, 0.25) is 30.1 Å². The number of nitrogen functional groups attached to an aromatic ring is 1. The molecule has 2 aromatic carbocycles. The van der Waals surface area contributed by atoms with E-state index in [-0.39, 0.29) is 47.0 Å². The van der Waals surface area contributed by atoms with Crippen LogP contribution in [0.25, 0.3) is 11.1 Å². The highest BCUT2D eigenvalue weighted by atomic mass is 35.5. The van der Waals surface area contributed by atoms with Crippen molar-refractivity contribution in [2.45, 2.75) is 0 Å². The maximum atomic E-state index is 11.1. The number of nitrogens with two attached hydrogens (primary N) is 1. The molecule has 22 heavy (non-hydrogen) atoms. The fourth-order valence-electron chi connectivity index (χ4n) is 1.81. The van der Waals surface area contributed by atoms with E-state index < -0.39 is 10.6 Å². The van der Waals surface area contributed by atoms with E-state index in [0.717, 1.165) is 0 Å². The van der Waals surface area contributed by atoms with E-state index in [2.05, 4.69) is 0 Å². The summed E-state index contributed by atoms with van der Waals surface area (Å²) in [6.07, 6.45) is 0. The third-order valence-electron chi connectivity index (χ3n) is 2.78. The van der Waals surface area contributed by atoms with Gasteiger partial charge in [-0.15, -0.1) is 0 Å². The van der Waals surface area contributed by atoms with E-state index in [9.17, 15) is 10.1 Å². The predicted octanol–water partition coefficient (Wildman–Crippen LogP) is 6.76. The maximum absolute atomic E-state index is 11.1. The Balaban J connectivity index is 2.94. The topological polar surface area (TPSA) is 69.2 Å². The lowest BCUT2D eigenvalue weighted by Gasteiger charge is -2.14. The monoisotopic (exact) mass is 418 g/mol. The SMILES string of the molecule is Nc1c(Cl)cc(Cl)c(-c2c(Cl)cc(Cl)c([N+](=O)[O-])c2Cl)c1Cl. The number of rotatable bonds is 2. The second-order valence-corrected chi connectivity index (χ2v) is 6.46. The molecule has 0 atom stereocenters. The number of nitro groups is 1. The molecule has 10 heteroatoms. The van der Waals surface area contributed by atoms with Gasteiger partial charge in [0.1, 0.15) is 10.0 Å². The standard InChI is InChI=1S/C12H4Cl6N2O2/c13-3-1-5(15)11(19)9(17)7(3)8-4(14)2-6(16)12(10(8)18)20(21)22/h1-2H,19H2. The molecule has 0 heterocycles. The molecule has 0 saturated carbocycles. The van der Waals surface area contributed by atoms with Crippen LogP contribution in [0.3, 0.4) is 0 Å². The van der Waals surface area contributed by atoms with Crippen molar-refractivity contribution < 1.29 is 4.92 Å². The summed E-state index contributed by atoms with van der Waals surface area (Å²) in [5.74, 6) is 0. The average molecular weight is 421 g/mol. The molecule has 0 spiro atoms. The number of benzene rings is 2. The number of hydrogen-bond donors (Lipinski definition) is 1. The smallest absolute Gasteiger partial charge is 0.307 e. The predicted molar refractivity (Wildman–Crippen MR) is 93.0 cm³/mol. The van der Waals surface area contributed by atoms with Crippen LogP contribution in [0.5, 0.6) is 0 Å². The molecule has 0 fully saturated rings. The molecule has 0 bridgehead atoms. The van der Waals surface area contributed by atoms with Gasteiger partial charge in [0, 0.05) is 11.1 Å². The van der Waals surface area contributed by atoms with E-state index in [0.29, 0.717) is 0 Å². The van der Waals surface area contributed by atoms with Crippen molar-refractivity contribution >= 4 is 81.0 Å². The first-order valence-corrected chi connectivity index (χ1v) is 7.68. The highest BCUT2D eigenvalue weighted by Gasteiger charge is 2.28. The molecule has 0 amide bonds. The summed E-state index contributed by atoms with van der Waals surface area (Å²) >= 11 is 36.1. The number of nitrogens with zero attached hydrogens (tertiary/aromatic N) is 1. The summed E-state index contributed by atoms with van der Waals surface area (Å²) in [5.41, 5.74) is 5.48. The van der Waals surface area contributed by atoms with Crippen molar-refractivity contribution in [3.8, 4) is 11.1 Å². The molecule has 2 N–H and O–H groups in total. The van der Waals surface area contributed by atoms with Crippen molar-refractivity contribution in [3.63, 3.8) is 0 Å². The van der Waals surface area contributed by atoms with Crippen LogP contribution < -0.4 is 5.73 Å². The first-order valence-electron chi connectivity index (χ1n) is 5.42. The normalized spacial score (nSPS) is 10.8. The fourth-order valence-corrected chi connectivity index (χ4v) is 3.85. The minimum atomic E-state index is -0.731. The van der Waals surface area contributed by atoms with E-state index >= 15 is 0 Å². The van der Waals surface area contributed by atoms with Gasteiger partial charge in [0.25, 0.3) is 0 Å². The van der Waals surface area contributed by atoms with Crippen LogP contribution in [0.15, 0.2) is 12.1 Å². The summed E-state index contributed by atoms with van der Waals surface area (Å²) in [6, 6.07) is 2.52. The van der Waals surface area contributed by atoms with Crippen LogP contribution in [0.1, 0.15) is 0 Å². The third-order valence-corrected chi connectivity index (χ3v) is 4.74. The lowest BCUT2D eigenvalue weighted by atomic mass is 10.0. The Labute approximate surface area is 154 Å². The van der Waals surface area contributed by atoms with Crippen molar-refractivity contribution in [2.24, 2.45) is 0 Å². The van der Waals surface area contributed by atoms with Crippen molar-refractivity contribution in [3.05, 3.63) is 52.4 Å². The second-order valence-electron chi connectivity index (χ2n) is 4.08. The summed E-state index contributed by atoms with van der Waals surface area (Å²) in [7, 11) is 0. The molecule has 0 aliphatic rings. The van der Waals surface area contributed by atoms with Crippen LogP contribution in [0.4, 0.5) is 11.4 Å². The fraction of sp³-hybridized carbons (Fsp3) is 0. The van der Waals surface area contributed by atoms with Gasteiger partial charge < -0.3 is 5.73 Å². The Morgan fingerprint density at radius 2 is 1.27 bits per heavy atom. The van der Waals surface area contributed by atoms with Gasteiger partial charge >= 0.3 is 5.69 Å². The van der Waals surface area contributed by atoms with Gasteiger partial charge in [0.05, 0.1) is 30.7 Å². The quantitative estimate of drug-likeness (QED) is 0.331. The molecule has 0 radical (unpaired) electrons. The van der Waals surface area contributed by atoms with Gasteiger partial charge in [-0.2, -0.15) is 0 Å². The van der Waals surface area contributed by atoms with Gasteiger partial charge in [-0.3, -0.25) is 10.1 Å². The Morgan fingerprint density at radius 1 is 0.818 bits per heavy atom. The lowest BCUT2D eigenvalue weighted by Crippen LogP contribution is -1.97. The first-order chi connectivity index (χ1) is 10.2. The number of anilines is 1. The molecule has 2 aromatic rings. The Hall–Kier alpha value is -0.620. The highest BCUT2D eigenvalue weighted by molar-refractivity contribution is 6.49. The van der Waals surface area contributed by atoms with E-state index in [4.69, 9.17) is 75.3 Å². The molecule has 0 aliphatic heterocycles. The minimum Gasteiger partial charge on any atom is -0.396 e. The average Bonchev–Trinajstić information content (AvgIpc) is 2.39. The zero-order valence-corrected chi connectivity index (χ0v) is 14.8. The largest absolute Gasteiger partial charge is 0.396 e. The summed E-state index contributed by atoms with van der Waals surface area (Å²) in [6.45, 7) is 0. The van der Waals surface area contributed by atoms with Gasteiger partial charge in [-0.25, -0.2) is 0 Å². The van der Waals surface area contributed by atoms with E-state index in [1.54, 1.807) is 0 Å². The van der Waals surface area contributed by atoms with Gasteiger partial charge in [-0.05, 0) is 12.1 Å². The Kier molecular flexibility index (Phi) is 5.22. The van der Waals surface area contributed by atoms with Crippen molar-refractivity contribution in [2.75, 3.05) is 5.73 Å².